The summed E-state index contributed by atoms with van der Waals surface area (Å²) in [4.78, 5) is 13.9. The van der Waals surface area contributed by atoms with Crippen molar-refractivity contribution in [2.45, 2.75) is 51.7 Å². The summed E-state index contributed by atoms with van der Waals surface area (Å²) in [5.41, 5.74) is -0.479. The number of ether oxygens (including phenoxy) is 1. The van der Waals surface area contributed by atoms with E-state index in [1.807, 2.05) is 20.8 Å². The highest BCUT2D eigenvalue weighted by molar-refractivity contribution is 7.90. The lowest BCUT2D eigenvalue weighted by Gasteiger charge is -2.28. The van der Waals surface area contributed by atoms with Crippen LogP contribution in [-0.2, 0) is 14.6 Å². The zero-order valence-corrected chi connectivity index (χ0v) is 14.3. The predicted molar refractivity (Wildman–Crippen MR) is 83.2 cm³/mol. The van der Waals surface area contributed by atoms with E-state index in [0.717, 1.165) is 19.4 Å². The van der Waals surface area contributed by atoms with Crippen LogP contribution in [0, 0.1) is 0 Å². The molecule has 6 nitrogen and oxygen atoms in total. The van der Waals surface area contributed by atoms with Gasteiger partial charge in [0.1, 0.15) is 15.4 Å². The first-order valence-corrected chi connectivity index (χ1v) is 9.52. The molecule has 0 aromatic heterocycles. The lowest BCUT2D eigenvalue weighted by atomic mass is 10.2. The lowest BCUT2D eigenvalue weighted by molar-refractivity contribution is 0.0227. The minimum atomic E-state index is -2.89. The summed E-state index contributed by atoms with van der Waals surface area (Å²) in [6.45, 7) is 7.64. The normalized spacial score (nSPS) is 19.8. The molecule has 1 N–H and O–H groups in total. The van der Waals surface area contributed by atoms with Crippen LogP contribution in [0.25, 0.3) is 0 Å². The zero-order valence-electron chi connectivity index (χ0n) is 13.5. The number of carbonyl (C=O) groups excluding carboxylic acids is 1. The molecule has 0 saturated carbocycles. The van der Waals surface area contributed by atoms with E-state index in [4.69, 9.17) is 4.74 Å². The average Bonchev–Trinajstić information content (AvgIpc) is 2.73. The van der Waals surface area contributed by atoms with E-state index in [1.165, 1.54) is 6.26 Å². The second-order valence-electron chi connectivity index (χ2n) is 6.66. The van der Waals surface area contributed by atoms with Gasteiger partial charge in [-0.15, -0.1) is 0 Å². The van der Waals surface area contributed by atoms with Gasteiger partial charge in [-0.1, -0.05) is 0 Å². The van der Waals surface area contributed by atoms with Crippen LogP contribution in [0.1, 0.15) is 40.0 Å². The highest BCUT2D eigenvalue weighted by Gasteiger charge is 2.31. The van der Waals surface area contributed by atoms with Crippen LogP contribution < -0.4 is 5.32 Å². The summed E-state index contributed by atoms with van der Waals surface area (Å²) < 4.78 is 27.5. The van der Waals surface area contributed by atoms with E-state index in [9.17, 15) is 13.2 Å². The van der Waals surface area contributed by atoms with Gasteiger partial charge in [0.15, 0.2) is 0 Å². The Morgan fingerprint density at radius 1 is 1.38 bits per heavy atom. The van der Waals surface area contributed by atoms with E-state index >= 15 is 0 Å². The Balaban J connectivity index is 2.32. The van der Waals surface area contributed by atoms with Crippen molar-refractivity contribution >= 4 is 15.9 Å². The third kappa shape index (κ3) is 7.66. The maximum Gasteiger partial charge on any atom is 0.410 e. The topological polar surface area (TPSA) is 75.7 Å². The van der Waals surface area contributed by atoms with Gasteiger partial charge in [0.25, 0.3) is 0 Å². The van der Waals surface area contributed by atoms with Gasteiger partial charge in [-0.05, 0) is 46.6 Å². The first-order chi connectivity index (χ1) is 9.58. The molecule has 0 radical (unpaired) electrons. The Kier molecular flexibility index (Phi) is 6.46. The monoisotopic (exact) mass is 320 g/mol. The Labute approximate surface area is 128 Å². The molecule has 1 saturated heterocycles. The number of likely N-dealkylation sites (tertiary alicyclic amines) is 1. The van der Waals surface area contributed by atoms with Gasteiger partial charge in [-0.2, -0.15) is 0 Å². The molecule has 1 atom stereocenters. The molecular formula is C14H28N2O4S. The Morgan fingerprint density at radius 3 is 2.62 bits per heavy atom. The number of carbonyl (C=O) groups is 1. The standard InChI is InChI=1S/C14H28N2O4S/c1-14(2,3)20-13(17)16-9-5-7-12(16)11-15-8-6-10-21(4,18)19/h12,15H,5-11H2,1-4H3. The summed E-state index contributed by atoms with van der Waals surface area (Å²) in [6.07, 6.45) is 3.52. The number of amides is 1. The van der Waals surface area contributed by atoms with Crippen molar-refractivity contribution in [1.82, 2.24) is 10.2 Å². The number of rotatable bonds is 6. The molecule has 1 aliphatic rings. The molecule has 1 fully saturated rings. The summed E-state index contributed by atoms with van der Waals surface area (Å²) in [7, 11) is -2.89. The van der Waals surface area contributed by atoms with Crippen molar-refractivity contribution in [2.24, 2.45) is 0 Å². The van der Waals surface area contributed by atoms with Gasteiger partial charge in [-0.3, -0.25) is 0 Å². The van der Waals surface area contributed by atoms with Crippen LogP contribution in [0.2, 0.25) is 0 Å². The highest BCUT2D eigenvalue weighted by Crippen LogP contribution is 2.20. The van der Waals surface area contributed by atoms with Crippen LogP contribution >= 0.6 is 0 Å². The fourth-order valence-electron chi connectivity index (χ4n) is 2.34. The van der Waals surface area contributed by atoms with Crippen LogP contribution in [0.5, 0.6) is 0 Å². The predicted octanol–water partition coefficient (Wildman–Crippen LogP) is 1.41. The second-order valence-corrected chi connectivity index (χ2v) is 8.92. The molecule has 124 valence electrons. The maximum atomic E-state index is 12.1. The molecule has 0 aliphatic carbocycles. The molecule has 7 heteroatoms. The fourth-order valence-corrected chi connectivity index (χ4v) is 3.01. The number of hydrogen-bond donors (Lipinski definition) is 1. The van der Waals surface area contributed by atoms with Gasteiger partial charge in [0.2, 0.25) is 0 Å². The molecular weight excluding hydrogens is 292 g/mol. The van der Waals surface area contributed by atoms with Gasteiger partial charge in [-0.25, -0.2) is 13.2 Å². The molecule has 0 aromatic rings. The van der Waals surface area contributed by atoms with Gasteiger partial charge < -0.3 is 15.0 Å². The van der Waals surface area contributed by atoms with E-state index in [-0.39, 0.29) is 17.9 Å². The Bertz CT molecular complexity index is 442. The van der Waals surface area contributed by atoms with E-state index in [1.54, 1.807) is 4.90 Å². The van der Waals surface area contributed by atoms with Crippen molar-refractivity contribution < 1.29 is 17.9 Å². The average molecular weight is 320 g/mol. The van der Waals surface area contributed by atoms with Gasteiger partial charge >= 0.3 is 6.09 Å². The Hall–Kier alpha value is -0.820. The molecule has 1 rings (SSSR count). The number of nitrogens with zero attached hydrogens (tertiary/aromatic N) is 1. The SMILES string of the molecule is CC(C)(C)OC(=O)N1CCCC1CNCCCS(C)(=O)=O. The van der Waals surface area contributed by atoms with Crippen molar-refractivity contribution in [1.29, 1.82) is 0 Å². The highest BCUT2D eigenvalue weighted by atomic mass is 32.2. The lowest BCUT2D eigenvalue weighted by Crippen LogP contribution is -2.44. The number of nitrogens with one attached hydrogen (secondary N) is 1. The molecule has 0 spiro atoms. The van der Waals surface area contributed by atoms with E-state index < -0.39 is 15.4 Å². The van der Waals surface area contributed by atoms with Gasteiger partial charge in [0.05, 0.1) is 5.75 Å². The Morgan fingerprint density at radius 2 is 2.05 bits per heavy atom. The molecule has 1 heterocycles. The van der Waals surface area contributed by atoms with Crippen LogP contribution in [-0.4, -0.2) is 62.7 Å². The molecule has 1 unspecified atom stereocenters. The summed E-state index contributed by atoms with van der Waals surface area (Å²) in [5.74, 6) is 0.195. The van der Waals surface area contributed by atoms with Gasteiger partial charge in [0, 0.05) is 25.4 Å². The van der Waals surface area contributed by atoms with Crippen molar-refractivity contribution in [3.05, 3.63) is 0 Å². The summed E-state index contributed by atoms with van der Waals surface area (Å²) in [6, 6.07) is 0.137. The molecule has 0 aromatic carbocycles. The first kappa shape index (κ1) is 18.2. The fraction of sp³-hybridized carbons (Fsp3) is 0.929. The quantitative estimate of drug-likeness (QED) is 0.749. The van der Waals surface area contributed by atoms with Crippen molar-refractivity contribution in [3.63, 3.8) is 0 Å². The maximum absolute atomic E-state index is 12.1. The molecule has 21 heavy (non-hydrogen) atoms. The van der Waals surface area contributed by atoms with Crippen LogP contribution in [0.15, 0.2) is 0 Å². The van der Waals surface area contributed by atoms with E-state index in [2.05, 4.69) is 5.32 Å². The van der Waals surface area contributed by atoms with E-state index in [0.29, 0.717) is 19.5 Å². The minimum Gasteiger partial charge on any atom is -0.444 e. The number of sulfone groups is 1. The van der Waals surface area contributed by atoms with Crippen molar-refractivity contribution in [3.8, 4) is 0 Å². The molecule has 0 bridgehead atoms. The second kappa shape index (κ2) is 7.45. The summed E-state index contributed by atoms with van der Waals surface area (Å²) >= 11 is 0. The van der Waals surface area contributed by atoms with Crippen LogP contribution in [0.3, 0.4) is 0 Å². The van der Waals surface area contributed by atoms with Crippen LogP contribution in [0.4, 0.5) is 4.79 Å². The first-order valence-electron chi connectivity index (χ1n) is 7.46. The molecule has 1 amide bonds. The van der Waals surface area contributed by atoms with Crippen molar-refractivity contribution in [2.75, 3.05) is 31.6 Å². The number of hydrogen-bond acceptors (Lipinski definition) is 5. The zero-order chi connectivity index (χ0) is 16.1. The largest absolute Gasteiger partial charge is 0.444 e. The minimum absolute atomic E-state index is 0.137. The third-order valence-corrected chi connectivity index (χ3v) is 4.28. The smallest absolute Gasteiger partial charge is 0.410 e. The third-order valence-electron chi connectivity index (χ3n) is 3.25. The summed E-state index contributed by atoms with van der Waals surface area (Å²) in [5, 5.41) is 3.23. The molecule has 1 aliphatic heterocycles.